The Morgan fingerprint density at radius 1 is 1.37 bits per heavy atom. The van der Waals surface area contributed by atoms with Crippen LogP contribution >= 0.6 is 12.2 Å². The van der Waals surface area contributed by atoms with Gasteiger partial charge in [0.25, 0.3) is 5.56 Å². The van der Waals surface area contributed by atoms with E-state index in [9.17, 15) is 18.0 Å². The van der Waals surface area contributed by atoms with Crippen molar-refractivity contribution in [2.45, 2.75) is 31.7 Å². The lowest BCUT2D eigenvalue weighted by Crippen LogP contribution is -2.24. The van der Waals surface area contributed by atoms with Gasteiger partial charge in [0.15, 0.2) is 4.77 Å². The van der Waals surface area contributed by atoms with Crippen molar-refractivity contribution in [3.63, 3.8) is 0 Å². The van der Waals surface area contributed by atoms with Crippen LogP contribution in [-0.2, 0) is 17.5 Å². The largest absolute Gasteiger partial charge is 0.497 e. The Morgan fingerprint density at radius 2 is 2.17 bits per heavy atom. The van der Waals surface area contributed by atoms with E-state index in [1.165, 1.54) is 11.7 Å². The maximum Gasteiger partial charge on any atom is 0.417 e. The lowest BCUT2D eigenvalue weighted by molar-refractivity contribution is -0.136. The summed E-state index contributed by atoms with van der Waals surface area (Å²) in [5.74, 6) is 0.477. The third kappa shape index (κ3) is 3.84. The van der Waals surface area contributed by atoms with Gasteiger partial charge < -0.3 is 9.47 Å². The van der Waals surface area contributed by atoms with E-state index in [1.807, 2.05) is 0 Å². The summed E-state index contributed by atoms with van der Waals surface area (Å²) in [5.41, 5.74) is -1.61. The van der Waals surface area contributed by atoms with Crippen molar-refractivity contribution in [3.05, 3.63) is 51.0 Å². The summed E-state index contributed by atoms with van der Waals surface area (Å²) in [6.07, 6.45) is -3.35. The van der Waals surface area contributed by atoms with Crippen LogP contribution in [-0.4, -0.2) is 34.4 Å². The molecule has 0 amide bonds. The molecule has 2 aromatic heterocycles. The van der Waals surface area contributed by atoms with E-state index in [2.05, 4.69) is 9.97 Å². The Hall–Kier alpha value is -2.72. The zero-order chi connectivity index (χ0) is 21.5. The molecule has 1 aliphatic heterocycles. The molecule has 1 N–H and O–H groups in total. The van der Waals surface area contributed by atoms with Crippen molar-refractivity contribution in [2.75, 3.05) is 13.7 Å². The van der Waals surface area contributed by atoms with Gasteiger partial charge in [-0.25, -0.2) is 4.98 Å². The minimum Gasteiger partial charge on any atom is -0.497 e. The molecule has 0 radical (unpaired) electrons. The van der Waals surface area contributed by atoms with Crippen LogP contribution in [0.3, 0.4) is 0 Å². The Labute approximate surface area is 174 Å². The number of pyridine rings is 1. The number of aromatic nitrogens is 3. The van der Waals surface area contributed by atoms with E-state index < -0.39 is 22.7 Å². The number of alkyl halides is 3. The summed E-state index contributed by atoms with van der Waals surface area (Å²) >= 11 is 5.25. The van der Waals surface area contributed by atoms with Crippen LogP contribution in [0.2, 0.25) is 0 Å². The standard InChI is InChI=1S/C20H18F3N3O3S/c1-28-12-5-2-4-11(8-12)15-9-14(20(21,22)23)16-17(24-15)26(19(30)25-18(16)27)10-13-6-3-7-29-13/h2,4-5,8-9,13H,3,6-7,10H2,1H3,(H,25,27,30)/t13-/m0/s1. The second kappa shape index (κ2) is 7.84. The van der Waals surface area contributed by atoms with Crippen LogP contribution in [0.15, 0.2) is 35.1 Å². The maximum absolute atomic E-state index is 13.9. The van der Waals surface area contributed by atoms with Crippen LogP contribution in [0.25, 0.3) is 22.3 Å². The highest BCUT2D eigenvalue weighted by atomic mass is 32.1. The van der Waals surface area contributed by atoms with Gasteiger partial charge in [-0.15, -0.1) is 0 Å². The number of rotatable bonds is 4. The molecule has 3 aromatic rings. The van der Waals surface area contributed by atoms with Crippen LogP contribution < -0.4 is 10.3 Å². The Morgan fingerprint density at radius 3 is 2.83 bits per heavy atom. The first-order valence-electron chi connectivity index (χ1n) is 9.29. The van der Waals surface area contributed by atoms with Crippen molar-refractivity contribution >= 4 is 23.3 Å². The highest BCUT2D eigenvalue weighted by molar-refractivity contribution is 7.71. The maximum atomic E-state index is 13.9. The highest BCUT2D eigenvalue weighted by Crippen LogP contribution is 2.36. The number of halogens is 3. The third-order valence-electron chi connectivity index (χ3n) is 5.03. The summed E-state index contributed by atoms with van der Waals surface area (Å²) in [4.78, 5) is 19.3. The van der Waals surface area contributed by atoms with Gasteiger partial charge in [0.2, 0.25) is 0 Å². The molecule has 1 fully saturated rings. The van der Waals surface area contributed by atoms with Gasteiger partial charge in [-0.05, 0) is 43.3 Å². The second-order valence-corrected chi connectivity index (χ2v) is 7.37. The molecule has 1 atom stereocenters. The first kappa shape index (κ1) is 20.5. The van der Waals surface area contributed by atoms with E-state index in [4.69, 9.17) is 21.7 Å². The van der Waals surface area contributed by atoms with Crippen LogP contribution in [0, 0.1) is 4.77 Å². The first-order valence-corrected chi connectivity index (χ1v) is 9.70. The van der Waals surface area contributed by atoms with E-state index in [0.29, 0.717) is 17.9 Å². The Bertz CT molecular complexity index is 1210. The fourth-order valence-corrected chi connectivity index (χ4v) is 3.84. The first-order chi connectivity index (χ1) is 14.3. The number of methoxy groups -OCH3 is 1. The zero-order valence-corrected chi connectivity index (χ0v) is 16.8. The molecule has 1 saturated heterocycles. The summed E-state index contributed by atoms with van der Waals surface area (Å²) in [5, 5.41) is -0.541. The van der Waals surface area contributed by atoms with Gasteiger partial charge in [0.05, 0.1) is 36.4 Å². The fourth-order valence-electron chi connectivity index (χ4n) is 3.59. The zero-order valence-electron chi connectivity index (χ0n) is 16.0. The molecule has 0 spiro atoms. The number of ether oxygens (including phenoxy) is 2. The molecular formula is C20H18F3N3O3S. The average Bonchev–Trinajstić information content (AvgIpc) is 3.23. The quantitative estimate of drug-likeness (QED) is 0.616. The van der Waals surface area contributed by atoms with E-state index in [-0.39, 0.29) is 28.8 Å². The van der Waals surface area contributed by atoms with Gasteiger partial charge in [-0.1, -0.05) is 12.1 Å². The lowest BCUT2D eigenvalue weighted by atomic mass is 10.1. The number of benzene rings is 1. The molecule has 0 unspecified atom stereocenters. The SMILES string of the molecule is COc1cccc(-c2cc(C(F)(F)F)c3c(=O)[nH]c(=S)n(C[C@@H]4CCCO4)c3n2)c1. The topological polar surface area (TPSA) is 69.1 Å². The minimum atomic E-state index is -4.76. The number of hydrogen-bond acceptors (Lipinski definition) is 5. The normalized spacial score (nSPS) is 16.9. The third-order valence-corrected chi connectivity index (χ3v) is 5.35. The molecule has 1 aromatic carbocycles. The lowest BCUT2D eigenvalue weighted by Gasteiger charge is -2.18. The predicted molar refractivity (Wildman–Crippen MR) is 107 cm³/mol. The number of nitrogens with zero attached hydrogens (tertiary/aromatic N) is 2. The fraction of sp³-hybridized carbons (Fsp3) is 0.350. The van der Waals surface area contributed by atoms with Gasteiger partial charge in [0, 0.05) is 12.2 Å². The molecule has 0 aliphatic carbocycles. The molecule has 0 saturated carbocycles. The van der Waals surface area contributed by atoms with E-state index in [1.54, 1.807) is 24.3 Å². The van der Waals surface area contributed by atoms with Crippen LogP contribution in [0.1, 0.15) is 18.4 Å². The van der Waals surface area contributed by atoms with E-state index in [0.717, 1.165) is 18.9 Å². The molecule has 0 bridgehead atoms. The summed E-state index contributed by atoms with van der Waals surface area (Å²) in [6, 6.07) is 7.43. The molecule has 10 heteroatoms. The number of H-pyrrole nitrogens is 1. The second-order valence-electron chi connectivity index (χ2n) is 6.99. The molecule has 3 heterocycles. The van der Waals surface area contributed by atoms with Gasteiger partial charge in [0.1, 0.15) is 11.4 Å². The van der Waals surface area contributed by atoms with Crippen LogP contribution in [0.4, 0.5) is 13.2 Å². The number of fused-ring (bicyclic) bond motifs is 1. The Balaban J connectivity index is 2.02. The summed E-state index contributed by atoms with van der Waals surface area (Å²) in [7, 11) is 1.46. The summed E-state index contributed by atoms with van der Waals surface area (Å²) < 4.78 is 53.9. The van der Waals surface area contributed by atoms with Crippen molar-refractivity contribution in [1.82, 2.24) is 14.5 Å². The predicted octanol–water partition coefficient (Wildman–Crippen LogP) is 4.33. The smallest absolute Gasteiger partial charge is 0.417 e. The van der Waals surface area contributed by atoms with Crippen LogP contribution in [0.5, 0.6) is 5.75 Å². The van der Waals surface area contributed by atoms with Gasteiger partial charge in [-0.3, -0.25) is 14.3 Å². The van der Waals surface area contributed by atoms with Gasteiger partial charge >= 0.3 is 6.18 Å². The Kier molecular flexibility index (Phi) is 5.37. The molecule has 4 rings (SSSR count). The average molecular weight is 437 g/mol. The van der Waals surface area contributed by atoms with Crippen molar-refractivity contribution in [2.24, 2.45) is 0 Å². The summed E-state index contributed by atoms with van der Waals surface area (Å²) in [6.45, 7) is 0.785. The molecule has 30 heavy (non-hydrogen) atoms. The highest BCUT2D eigenvalue weighted by Gasteiger charge is 2.36. The number of nitrogens with one attached hydrogen (secondary N) is 1. The molecule has 6 nitrogen and oxygen atoms in total. The minimum absolute atomic E-state index is 0.00594. The van der Waals surface area contributed by atoms with Gasteiger partial charge in [-0.2, -0.15) is 13.2 Å². The molecular weight excluding hydrogens is 419 g/mol. The monoisotopic (exact) mass is 437 g/mol. The van der Waals surface area contributed by atoms with E-state index >= 15 is 0 Å². The van der Waals surface area contributed by atoms with Crippen molar-refractivity contribution in [1.29, 1.82) is 0 Å². The number of aromatic amines is 1. The van der Waals surface area contributed by atoms with Crippen molar-refractivity contribution in [3.8, 4) is 17.0 Å². The molecule has 1 aliphatic rings. The number of hydrogen-bond donors (Lipinski definition) is 1. The molecule has 158 valence electrons. The van der Waals surface area contributed by atoms with Crippen molar-refractivity contribution < 1.29 is 22.6 Å².